The largest absolute Gasteiger partial charge is 0.493 e. The van der Waals surface area contributed by atoms with Gasteiger partial charge in [0.25, 0.3) is 0 Å². The fraction of sp³-hybridized carbons (Fsp3) is 0.483. The lowest BCUT2D eigenvalue weighted by atomic mass is 10.0. The molecule has 0 saturated heterocycles. The van der Waals surface area contributed by atoms with Crippen LogP contribution in [-0.4, -0.2) is 18.2 Å². The van der Waals surface area contributed by atoms with Gasteiger partial charge in [0.15, 0.2) is 0 Å². The number of benzene rings is 3. The Labute approximate surface area is 193 Å². The van der Waals surface area contributed by atoms with Crippen molar-refractivity contribution in [1.29, 1.82) is 0 Å². The van der Waals surface area contributed by atoms with E-state index in [4.69, 9.17) is 9.47 Å². The Morgan fingerprint density at radius 3 is 2.00 bits per heavy atom. The molecule has 0 fully saturated rings. The van der Waals surface area contributed by atoms with Crippen LogP contribution < -0.4 is 4.74 Å². The van der Waals surface area contributed by atoms with E-state index in [0.29, 0.717) is 6.42 Å². The van der Waals surface area contributed by atoms with E-state index >= 15 is 0 Å². The molecule has 3 nitrogen and oxygen atoms in total. The van der Waals surface area contributed by atoms with Gasteiger partial charge in [0.1, 0.15) is 11.4 Å². The van der Waals surface area contributed by atoms with Gasteiger partial charge in [0, 0.05) is 11.8 Å². The van der Waals surface area contributed by atoms with Gasteiger partial charge in [-0.25, -0.2) is 0 Å². The molecule has 0 bridgehead atoms. The van der Waals surface area contributed by atoms with Crippen LogP contribution in [0.3, 0.4) is 0 Å². The Morgan fingerprint density at radius 1 is 0.719 bits per heavy atom. The minimum absolute atomic E-state index is 0.0723. The van der Waals surface area contributed by atoms with Gasteiger partial charge in [-0.2, -0.15) is 0 Å². The van der Waals surface area contributed by atoms with Crippen molar-refractivity contribution in [3.8, 4) is 5.75 Å². The average molecular weight is 435 g/mol. The third kappa shape index (κ3) is 7.85. The zero-order valence-electron chi connectivity index (χ0n) is 20.0. The SMILES string of the molecule is CC(C)(C)OC(=O)CCCCCCCCCCOc1cccc2cc3ccccc3cc12. The third-order valence-corrected chi connectivity index (χ3v) is 5.66. The predicted molar refractivity (Wildman–Crippen MR) is 134 cm³/mol. The van der Waals surface area contributed by atoms with E-state index in [2.05, 4.69) is 54.6 Å². The van der Waals surface area contributed by atoms with Crippen LogP contribution >= 0.6 is 0 Å². The van der Waals surface area contributed by atoms with E-state index < -0.39 is 0 Å². The van der Waals surface area contributed by atoms with Gasteiger partial charge < -0.3 is 9.47 Å². The molecule has 0 N–H and O–H groups in total. The Balaban J connectivity index is 1.28. The van der Waals surface area contributed by atoms with Crippen molar-refractivity contribution in [3.63, 3.8) is 0 Å². The molecule has 0 aliphatic carbocycles. The van der Waals surface area contributed by atoms with E-state index in [1.807, 2.05) is 20.8 Å². The number of hydrogen-bond acceptors (Lipinski definition) is 3. The first kappa shape index (κ1) is 24.1. The first-order chi connectivity index (χ1) is 15.4. The number of unbranched alkanes of at least 4 members (excludes halogenated alkanes) is 7. The quantitative estimate of drug-likeness (QED) is 0.164. The van der Waals surface area contributed by atoms with E-state index in [9.17, 15) is 4.79 Å². The van der Waals surface area contributed by atoms with Crippen LogP contribution in [0.2, 0.25) is 0 Å². The van der Waals surface area contributed by atoms with Crippen LogP contribution in [0.5, 0.6) is 5.75 Å². The molecule has 3 aromatic carbocycles. The molecule has 0 aliphatic rings. The monoisotopic (exact) mass is 434 g/mol. The Hall–Kier alpha value is -2.55. The molecule has 0 spiro atoms. The van der Waals surface area contributed by atoms with Crippen molar-refractivity contribution >= 4 is 27.5 Å². The van der Waals surface area contributed by atoms with Crippen LogP contribution in [0, 0.1) is 0 Å². The Bertz CT molecular complexity index is 1000. The summed E-state index contributed by atoms with van der Waals surface area (Å²) in [6.07, 6.45) is 9.81. The van der Waals surface area contributed by atoms with Crippen molar-refractivity contribution < 1.29 is 14.3 Å². The molecule has 0 aromatic heterocycles. The van der Waals surface area contributed by atoms with E-state index in [0.717, 1.165) is 31.6 Å². The Kier molecular flexibility index (Phi) is 8.96. The highest BCUT2D eigenvalue weighted by Crippen LogP contribution is 2.30. The maximum atomic E-state index is 11.7. The van der Waals surface area contributed by atoms with Crippen molar-refractivity contribution in [1.82, 2.24) is 0 Å². The molecule has 3 rings (SSSR count). The Morgan fingerprint density at radius 2 is 1.31 bits per heavy atom. The van der Waals surface area contributed by atoms with Crippen LogP contribution in [0.15, 0.2) is 54.6 Å². The lowest BCUT2D eigenvalue weighted by Crippen LogP contribution is -2.23. The molecule has 0 radical (unpaired) electrons. The summed E-state index contributed by atoms with van der Waals surface area (Å²) in [5.74, 6) is 0.912. The molecule has 0 unspecified atom stereocenters. The van der Waals surface area contributed by atoms with Crippen LogP contribution in [0.25, 0.3) is 21.5 Å². The summed E-state index contributed by atoms with van der Waals surface area (Å²) in [5, 5.41) is 4.94. The van der Waals surface area contributed by atoms with E-state index in [-0.39, 0.29) is 11.6 Å². The van der Waals surface area contributed by atoms with Crippen molar-refractivity contribution in [2.75, 3.05) is 6.61 Å². The second-order valence-corrected chi connectivity index (χ2v) is 9.69. The van der Waals surface area contributed by atoms with Gasteiger partial charge in [-0.1, -0.05) is 74.9 Å². The molecular weight excluding hydrogens is 396 g/mol. The summed E-state index contributed by atoms with van der Waals surface area (Å²) in [6.45, 7) is 6.52. The summed E-state index contributed by atoms with van der Waals surface area (Å²) in [7, 11) is 0. The molecule has 0 saturated carbocycles. The first-order valence-electron chi connectivity index (χ1n) is 12.2. The summed E-state index contributed by atoms with van der Waals surface area (Å²) < 4.78 is 11.5. The first-order valence-corrected chi connectivity index (χ1v) is 12.2. The molecule has 3 aromatic rings. The second-order valence-electron chi connectivity index (χ2n) is 9.69. The maximum absolute atomic E-state index is 11.7. The smallest absolute Gasteiger partial charge is 0.306 e. The highest BCUT2D eigenvalue weighted by atomic mass is 16.6. The van der Waals surface area contributed by atoms with Crippen molar-refractivity contribution in [2.45, 2.75) is 84.2 Å². The third-order valence-electron chi connectivity index (χ3n) is 5.66. The highest BCUT2D eigenvalue weighted by molar-refractivity contribution is 6.00. The summed E-state index contributed by atoms with van der Waals surface area (Å²) in [6, 6.07) is 19.3. The van der Waals surface area contributed by atoms with Crippen LogP contribution in [-0.2, 0) is 9.53 Å². The summed E-state index contributed by atoms with van der Waals surface area (Å²) in [4.78, 5) is 11.7. The van der Waals surface area contributed by atoms with Gasteiger partial charge >= 0.3 is 5.97 Å². The molecule has 0 amide bonds. The van der Waals surface area contributed by atoms with Crippen LogP contribution in [0.1, 0.15) is 78.6 Å². The molecule has 0 aliphatic heterocycles. The van der Waals surface area contributed by atoms with Gasteiger partial charge in [0.05, 0.1) is 6.61 Å². The lowest BCUT2D eigenvalue weighted by Gasteiger charge is -2.19. The average Bonchev–Trinajstić information content (AvgIpc) is 2.75. The summed E-state index contributed by atoms with van der Waals surface area (Å²) in [5.41, 5.74) is -0.372. The van der Waals surface area contributed by atoms with Gasteiger partial charge in [0.2, 0.25) is 0 Å². The topological polar surface area (TPSA) is 35.5 Å². The van der Waals surface area contributed by atoms with E-state index in [1.165, 1.54) is 53.6 Å². The minimum Gasteiger partial charge on any atom is -0.493 e. The van der Waals surface area contributed by atoms with Gasteiger partial charge in [-0.3, -0.25) is 4.79 Å². The molecule has 32 heavy (non-hydrogen) atoms. The summed E-state index contributed by atoms with van der Waals surface area (Å²) >= 11 is 0. The minimum atomic E-state index is -0.372. The number of ether oxygens (including phenoxy) is 2. The van der Waals surface area contributed by atoms with Crippen molar-refractivity contribution in [2.24, 2.45) is 0 Å². The fourth-order valence-corrected chi connectivity index (χ4v) is 4.07. The molecule has 3 heteroatoms. The molecular formula is C29H38O3. The van der Waals surface area contributed by atoms with Crippen molar-refractivity contribution in [3.05, 3.63) is 54.6 Å². The lowest BCUT2D eigenvalue weighted by molar-refractivity contribution is -0.154. The number of fused-ring (bicyclic) bond motifs is 2. The second kappa shape index (κ2) is 11.9. The molecule has 172 valence electrons. The highest BCUT2D eigenvalue weighted by Gasteiger charge is 2.15. The van der Waals surface area contributed by atoms with Crippen LogP contribution in [0.4, 0.5) is 0 Å². The zero-order valence-corrected chi connectivity index (χ0v) is 20.0. The van der Waals surface area contributed by atoms with Gasteiger partial charge in [-0.15, -0.1) is 0 Å². The predicted octanol–water partition coefficient (Wildman–Crippen LogP) is 8.22. The number of hydrogen-bond donors (Lipinski definition) is 0. The fourth-order valence-electron chi connectivity index (χ4n) is 4.07. The standard InChI is InChI=1S/C29H38O3/c1-29(2,3)32-28(30)19-10-8-6-4-5-7-9-13-20-31-27-18-14-17-25-21-23-15-11-12-16-24(23)22-26(25)27/h11-12,14-18,21-22H,4-10,13,19-20H2,1-3H3. The number of carbonyl (C=O) groups excluding carboxylic acids is 1. The number of esters is 1. The zero-order chi connectivity index (χ0) is 22.8. The normalized spacial score (nSPS) is 11.7. The molecule has 0 heterocycles. The van der Waals surface area contributed by atoms with Gasteiger partial charge in [-0.05, 0) is 68.0 Å². The number of carbonyl (C=O) groups is 1. The maximum Gasteiger partial charge on any atom is 0.306 e. The number of rotatable bonds is 12. The molecule has 0 atom stereocenters. The van der Waals surface area contributed by atoms with E-state index in [1.54, 1.807) is 0 Å².